The Hall–Kier alpha value is -0.820. The largest absolute Gasteiger partial charge is 0.324 e. The summed E-state index contributed by atoms with van der Waals surface area (Å²) in [6, 6.07) is 9.00. The van der Waals surface area contributed by atoms with Gasteiger partial charge in [0.05, 0.1) is 0 Å². The first-order chi connectivity index (χ1) is 8.24. The molecule has 0 radical (unpaired) electrons. The smallest absolute Gasteiger partial charge is 0.0346 e. The van der Waals surface area contributed by atoms with Crippen molar-refractivity contribution in [1.29, 1.82) is 0 Å². The minimum absolute atomic E-state index is 0.112. The van der Waals surface area contributed by atoms with Crippen molar-refractivity contribution in [1.82, 2.24) is 0 Å². The lowest BCUT2D eigenvalue weighted by molar-refractivity contribution is 0.278. The highest BCUT2D eigenvalue weighted by atomic mass is 14.7. The fourth-order valence-electron chi connectivity index (χ4n) is 2.02. The van der Waals surface area contributed by atoms with E-state index >= 15 is 0 Å². The molecule has 1 rings (SSSR count). The Balaban J connectivity index is 2.97. The van der Waals surface area contributed by atoms with E-state index in [1.165, 1.54) is 11.1 Å². The summed E-state index contributed by atoms with van der Waals surface area (Å²) in [5, 5.41) is 0. The Kier molecular flexibility index (Phi) is 4.61. The first-order valence-corrected chi connectivity index (χ1v) is 7.10. The van der Waals surface area contributed by atoms with E-state index < -0.39 is 0 Å². The summed E-state index contributed by atoms with van der Waals surface area (Å²) >= 11 is 0. The molecule has 0 heterocycles. The molecule has 0 bridgehead atoms. The van der Waals surface area contributed by atoms with Gasteiger partial charge in [-0.1, -0.05) is 65.8 Å². The van der Waals surface area contributed by atoms with Crippen LogP contribution in [0.5, 0.6) is 0 Å². The number of rotatable bonds is 5. The quantitative estimate of drug-likeness (QED) is 0.794. The van der Waals surface area contributed by atoms with Gasteiger partial charge in [0, 0.05) is 6.04 Å². The van der Waals surface area contributed by atoms with Crippen LogP contribution in [0, 0.1) is 5.41 Å². The van der Waals surface area contributed by atoms with E-state index in [9.17, 15) is 0 Å². The van der Waals surface area contributed by atoms with Gasteiger partial charge in [-0.15, -0.1) is 0 Å². The zero-order chi connectivity index (χ0) is 14.0. The van der Waals surface area contributed by atoms with Crippen molar-refractivity contribution in [2.75, 3.05) is 0 Å². The molecule has 102 valence electrons. The maximum atomic E-state index is 6.37. The third-order valence-corrected chi connectivity index (χ3v) is 4.69. The van der Waals surface area contributed by atoms with Crippen molar-refractivity contribution in [3.63, 3.8) is 0 Å². The fourth-order valence-corrected chi connectivity index (χ4v) is 2.02. The maximum Gasteiger partial charge on any atom is 0.0346 e. The van der Waals surface area contributed by atoms with Gasteiger partial charge in [0.1, 0.15) is 0 Å². The Morgan fingerprint density at radius 3 is 1.83 bits per heavy atom. The summed E-state index contributed by atoms with van der Waals surface area (Å²) in [6.45, 7) is 13.5. The van der Waals surface area contributed by atoms with Gasteiger partial charge in [-0.25, -0.2) is 0 Å². The Morgan fingerprint density at radius 2 is 1.44 bits per heavy atom. The molecular weight excluding hydrogens is 218 g/mol. The third-order valence-electron chi connectivity index (χ3n) is 4.69. The molecular formula is C17H29N. The van der Waals surface area contributed by atoms with Crippen LogP contribution in [0.2, 0.25) is 0 Å². The molecule has 0 aliphatic heterocycles. The summed E-state index contributed by atoms with van der Waals surface area (Å²) in [5.74, 6) is 0. The van der Waals surface area contributed by atoms with Gasteiger partial charge in [-0.05, 0) is 34.8 Å². The normalized spacial score (nSPS) is 14.6. The van der Waals surface area contributed by atoms with Crippen LogP contribution in [0.4, 0.5) is 0 Å². The molecule has 0 amide bonds. The van der Waals surface area contributed by atoms with Crippen LogP contribution in [-0.2, 0) is 5.41 Å². The summed E-state index contributed by atoms with van der Waals surface area (Å²) in [6.07, 6.45) is 2.25. The minimum atomic E-state index is 0.112. The van der Waals surface area contributed by atoms with Crippen LogP contribution in [0.25, 0.3) is 0 Å². The summed E-state index contributed by atoms with van der Waals surface area (Å²) < 4.78 is 0. The van der Waals surface area contributed by atoms with Crippen LogP contribution in [0.15, 0.2) is 24.3 Å². The van der Waals surface area contributed by atoms with Gasteiger partial charge in [-0.2, -0.15) is 0 Å². The zero-order valence-corrected chi connectivity index (χ0v) is 12.9. The second-order valence-electron chi connectivity index (χ2n) is 6.68. The predicted molar refractivity (Wildman–Crippen MR) is 80.8 cm³/mol. The van der Waals surface area contributed by atoms with Gasteiger partial charge in [-0.3, -0.25) is 0 Å². The topological polar surface area (TPSA) is 26.0 Å². The number of nitrogens with two attached hydrogens (primary N) is 1. The average Bonchev–Trinajstić information content (AvgIpc) is 2.38. The van der Waals surface area contributed by atoms with Gasteiger partial charge < -0.3 is 5.73 Å². The highest BCUT2D eigenvalue weighted by Gasteiger charge is 2.26. The van der Waals surface area contributed by atoms with Gasteiger partial charge in [0.15, 0.2) is 0 Å². The zero-order valence-electron chi connectivity index (χ0n) is 12.9. The molecule has 0 fully saturated rings. The monoisotopic (exact) mass is 247 g/mol. The standard InChI is InChI=1S/C17H29N/c1-7-16(3,4)14-11-9-13(10-12-14)15(18)17(5,6)8-2/h9-12,15H,7-8,18H2,1-6H3. The molecule has 0 aliphatic rings. The molecule has 1 atom stereocenters. The number of hydrogen-bond donors (Lipinski definition) is 1. The van der Waals surface area contributed by atoms with E-state index in [-0.39, 0.29) is 16.9 Å². The molecule has 1 nitrogen and oxygen atoms in total. The lowest BCUT2D eigenvalue weighted by atomic mass is 9.77. The Bertz CT molecular complexity index is 373. The van der Waals surface area contributed by atoms with E-state index in [1.54, 1.807) is 0 Å². The van der Waals surface area contributed by atoms with E-state index in [0.717, 1.165) is 12.8 Å². The second-order valence-corrected chi connectivity index (χ2v) is 6.68. The van der Waals surface area contributed by atoms with E-state index in [2.05, 4.69) is 65.8 Å². The molecule has 0 aromatic heterocycles. The molecule has 0 aliphatic carbocycles. The van der Waals surface area contributed by atoms with Crippen LogP contribution in [0.3, 0.4) is 0 Å². The van der Waals surface area contributed by atoms with E-state index in [4.69, 9.17) is 5.73 Å². The molecule has 0 saturated carbocycles. The SMILES string of the molecule is CCC(C)(C)c1ccc(C(N)C(C)(C)CC)cc1. The molecule has 0 saturated heterocycles. The maximum absolute atomic E-state index is 6.37. The molecule has 1 heteroatoms. The fraction of sp³-hybridized carbons (Fsp3) is 0.647. The summed E-state index contributed by atoms with van der Waals surface area (Å²) in [5.41, 5.74) is 9.43. The van der Waals surface area contributed by atoms with E-state index in [0.29, 0.717) is 0 Å². The molecule has 1 aromatic carbocycles. The van der Waals surface area contributed by atoms with Crippen LogP contribution in [-0.4, -0.2) is 0 Å². The van der Waals surface area contributed by atoms with Crippen LogP contribution >= 0.6 is 0 Å². The molecule has 1 aromatic rings. The molecule has 0 spiro atoms. The minimum Gasteiger partial charge on any atom is -0.324 e. The second kappa shape index (κ2) is 5.44. The van der Waals surface area contributed by atoms with Crippen molar-refractivity contribution in [2.45, 2.75) is 65.8 Å². The molecule has 1 unspecified atom stereocenters. The van der Waals surface area contributed by atoms with Crippen molar-refractivity contribution in [3.8, 4) is 0 Å². The highest BCUT2D eigenvalue weighted by molar-refractivity contribution is 5.30. The number of hydrogen-bond acceptors (Lipinski definition) is 1. The summed E-state index contributed by atoms with van der Waals surface area (Å²) in [4.78, 5) is 0. The average molecular weight is 247 g/mol. The number of benzene rings is 1. The van der Waals surface area contributed by atoms with Crippen molar-refractivity contribution in [3.05, 3.63) is 35.4 Å². The van der Waals surface area contributed by atoms with Crippen molar-refractivity contribution in [2.24, 2.45) is 11.1 Å². The van der Waals surface area contributed by atoms with E-state index in [1.807, 2.05) is 0 Å². The van der Waals surface area contributed by atoms with Gasteiger partial charge >= 0.3 is 0 Å². The Morgan fingerprint density at radius 1 is 0.944 bits per heavy atom. The van der Waals surface area contributed by atoms with Crippen molar-refractivity contribution < 1.29 is 0 Å². The first-order valence-electron chi connectivity index (χ1n) is 7.10. The predicted octanol–water partition coefficient (Wildman–Crippen LogP) is 4.81. The van der Waals surface area contributed by atoms with Crippen LogP contribution < -0.4 is 5.73 Å². The highest BCUT2D eigenvalue weighted by Crippen LogP contribution is 2.35. The lowest BCUT2D eigenvalue weighted by Crippen LogP contribution is -2.28. The van der Waals surface area contributed by atoms with Gasteiger partial charge in [0.25, 0.3) is 0 Å². The molecule has 2 N–H and O–H groups in total. The first kappa shape index (κ1) is 15.2. The molecule has 18 heavy (non-hydrogen) atoms. The summed E-state index contributed by atoms with van der Waals surface area (Å²) in [7, 11) is 0. The Labute approximate surface area is 113 Å². The van der Waals surface area contributed by atoms with Gasteiger partial charge in [0.2, 0.25) is 0 Å². The van der Waals surface area contributed by atoms with Crippen molar-refractivity contribution >= 4 is 0 Å². The van der Waals surface area contributed by atoms with Crippen LogP contribution in [0.1, 0.15) is 71.6 Å². The third kappa shape index (κ3) is 3.14. The lowest BCUT2D eigenvalue weighted by Gasteiger charge is -2.31.